The highest BCUT2D eigenvalue weighted by Crippen LogP contribution is 2.39. The third kappa shape index (κ3) is 3.64. The number of aromatic carboxylic acids is 1. The molecular formula is C23H17N3O3. The second-order valence-corrected chi connectivity index (χ2v) is 6.32. The second kappa shape index (κ2) is 7.82. The number of rotatable bonds is 5. The standard InChI is InChI=1S/C23H17N3O3/c27-22-20(23(28)29)15-16-9-7-8-14-19(16)21(22)24-25-26(17-10-3-1-4-11-17)18-12-5-2-6-13-18/h1-15,27H,(H,28,29). The van der Waals surface area contributed by atoms with Crippen LogP contribution in [0, 0.1) is 0 Å². The van der Waals surface area contributed by atoms with Crippen LogP contribution in [0.25, 0.3) is 10.8 Å². The molecule has 0 fully saturated rings. The van der Waals surface area contributed by atoms with Crippen molar-refractivity contribution in [1.82, 2.24) is 0 Å². The zero-order chi connectivity index (χ0) is 20.2. The van der Waals surface area contributed by atoms with Gasteiger partial charge in [0.25, 0.3) is 0 Å². The number of anilines is 2. The van der Waals surface area contributed by atoms with E-state index in [2.05, 4.69) is 10.3 Å². The lowest BCUT2D eigenvalue weighted by Crippen LogP contribution is -2.07. The molecule has 0 atom stereocenters. The molecule has 0 aromatic heterocycles. The van der Waals surface area contributed by atoms with Crippen LogP contribution in [-0.2, 0) is 0 Å². The summed E-state index contributed by atoms with van der Waals surface area (Å²) in [6.45, 7) is 0. The van der Waals surface area contributed by atoms with Gasteiger partial charge in [0.2, 0.25) is 0 Å². The highest BCUT2D eigenvalue weighted by molar-refractivity contribution is 6.04. The number of hydrogen-bond donors (Lipinski definition) is 2. The second-order valence-electron chi connectivity index (χ2n) is 6.32. The van der Waals surface area contributed by atoms with E-state index in [-0.39, 0.29) is 11.3 Å². The van der Waals surface area contributed by atoms with Crippen LogP contribution in [0.2, 0.25) is 0 Å². The molecule has 0 saturated carbocycles. The number of carboxylic acid groups (broad SMARTS) is 1. The largest absolute Gasteiger partial charge is 0.505 e. The lowest BCUT2D eigenvalue weighted by atomic mass is 10.0. The van der Waals surface area contributed by atoms with Gasteiger partial charge in [0.15, 0.2) is 5.75 Å². The smallest absolute Gasteiger partial charge is 0.339 e. The molecule has 0 amide bonds. The van der Waals surface area contributed by atoms with Gasteiger partial charge in [-0.3, -0.25) is 0 Å². The van der Waals surface area contributed by atoms with Gasteiger partial charge < -0.3 is 10.2 Å². The third-order valence-electron chi connectivity index (χ3n) is 4.46. The number of aromatic hydroxyl groups is 1. The van der Waals surface area contributed by atoms with Gasteiger partial charge in [0.1, 0.15) is 11.3 Å². The first kappa shape index (κ1) is 18.2. The molecule has 0 unspecified atom stereocenters. The fourth-order valence-corrected chi connectivity index (χ4v) is 3.06. The van der Waals surface area contributed by atoms with E-state index in [0.29, 0.717) is 10.8 Å². The van der Waals surface area contributed by atoms with Crippen molar-refractivity contribution in [2.75, 3.05) is 5.01 Å². The number of fused-ring (bicyclic) bond motifs is 1. The maximum atomic E-state index is 11.6. The first-order valence-corrected chi connectivity index (χ1v) is 8.95. The van der Waals surface area contributed by atoms with Crippen LogP contribution < -0.4 is 5.01 Å². The number of nitrogens with zero attached hydrogens (tertiary/aromatic N) is 3. The molecule has 0 saturated heterocycles. The normalized spacial score (nSPS) is 11.0. The molecule has 0 aliphatic rings. The minimum absolute atomic E-state index is 0.109. The maximum absolute atomic E-state index is 11.6. The van der Waals surface area contributed by atoms with Crippen molar-refractivity contribution in [2.45, 2.75) is 0 Å². The van der Waals surface area contributed by atoms with Gasteiger partial charge in [-0.15, -0.1) is 5.11 Å². The quantitative estimate of drug-likeness (QED) is 0.323. The van der Waals surface area contributed by atoms with Gasteiger partial charge in [-0.05, 0) is 35.7 Å². The molecule has 0 aliphatic carbocycles. The Morgan fingerprint density at radius 1 is 0.793 bits per heavy atom. The zero-order valence-corrected chi connectivity index (χ0v) is 15.3. The molecule has 142 valence electrons. The predicted octanol–water partition coefficient (Wildman–Crippen LogP) is 6.08. The van der Waals surface area contributed by atoms with Crippen molar-refractivity contribution in [3.8, 4) is 5.75 Å². The summed E-state index contributed by atoms with van der Waals surface area (Å²) in [6, 6.07) is 27.5. The highest BCUT2D eigenvalue weighted by Gasteiger charge is 2.18. The molecule has 0 aliphatic heterocycles. The number of benzene rings is 4. The van der Waals surface area contributed by atoms with Crippen LogP contribution in [0.15, 0.2) is 101 Å². The lowest BCUT2D eigenvalue weighted by molar-refractivity contribution is 0.0694. The molecule has 4 aromatic carbocycles. The Hall–Kier alpha value is -4.19. The molecule has 6 heteroatoms. The summed E-state index contributed by atoms with van der Waals surface area (Å²) in [6.07, 6.45) is 0. The highest BCUT2D eigenvalue weighted by atomic mass is 16.4. The van der Waals surface area contributed by atoms with Crippen LogP contribution in [0.3, 0.4) is 0 Å². The number of hydrogen-bond acceptors (Lipinski definition) is 4. The van der Waals surface area contributed by atoms with Crippen molar-refractivity contribution in [3.05, 3.63) is 96.6 Å². The summed E-state index contributed by atoms with van der Waals surface area (Å²) < 4.78 is 0. The van der Waals surface area contributed by atoms with E-state index in [1.54, 1.807) is 29.3 Å². The van der Waals surface area contributed by atoms with E-state index in [4.69, 9.17) is 0 Å². The molecular weight excluding hydrogens is 366 g/mol. The number of carbonyl (C=O) groups is 1. The first-order chi connectivity index (χ1) is 14.1. The molecule has 0 bridgehead atoms. The van der Waals surface area contributed by atoms with Gasteiger partial charge in [-0.2, -0.15) is 0 Å². The summed E-state index contributed by atoms with van der Waals surface area (Å²) in [7, 11) is 0. The van der Waals surface area contributed by atoms with Crippen molar-refractivity contribution in [1.29, 1.82) is 0 Å². The van der Waals surface area contributed by atoms with E-state index < -0.39 is 11.7 Å². The Bertz CT molecular complexity index is 1150. The SMILES string of the molecule is O=C(O)c1cc2ccccc2c(N=NN(c2ccccc2)c2ccccc2)c1O. The zero-order valence-electron chi connectivity index (χ0n) is 15.3. The monoisotopic (exact) mass is 383 g/mol. The van der Waals surface area contributed by atoms with E-state index in [0.717, 1.165) is 11.4 Å². The Balaban J connectivity index is 1.87. The topological polar surface area (TPSA) is 85.5 Å². The van der Waals surface area contributed by atoms with E-state index >= 15 is 0 Å². The molecule has 4 aromatic rings. The number of phenols is 1. The van der Waals surface area contributed by atoms with Crippen molar-refractivity contribution in [3.63, 3.8) is 0 Å². The van der Waals surface area contributed by atoms with Crippen molar-refractivity contribution in [2.24, 2.45) is 10.3 Å². The fourth-order valence-electron chi connectivity index (χ4n) is 3.06. The first-order valence-electron chi connectivity index (χ1n) is 8.95. The fraction of sp³-hybridized carbons (Fsp3) is 0. The third-order valence-corrected chi connectivity index (χ3v) is 4.46. The summed E-state index contributed by atoms with van der Waals surface area (Å²) >= 11 is 0. The van der Waals surface area contributed by atoms with Gasteiger partial charge in [-0.1, -0.05) is 65.9 Å². The average molecular weight is 383 g/mol. The molecule has 29 heavy (non-hydrogen) atoms. The van der Waals surface area contributed by atoms with Crippen molar-refractivity contribution >= 4 is 33.8 Å². The Kier molecular flexibility index (Phi) is 4.90. The van der Waals surface area contributed by atoms with Gasteiger partial charge in [0, 0.05) is 5.39 Å². The Morgan fingerprint density at radius 2 is 1.34 bits per heavy atom. The number of para-hydroxylation sites is 2. The average Bonchev–Trinajstić information content (AvgIpc) is 2.76. The summed E-state index contributed by atoms with van der Waals surface area (Å²) in [5.41, 5.74) is 1.45. The predicted molar refractivity (Wildman–Crippen MR) is 112 cm³/mol. The van der Waals surface area contributed by atoms with E-state index in [9.17, 15) is 15.0 Å². The van der Waals surface area contributed by atoms with Crippen LogP contribution >= 0.6 is 0 Å². The summed E-state index contributed by atoms with van der Waals surface area (Å²) in [4.78, 5) is 11.6. The van der Waals surface area contributed by atoms with Gasteiger partial charge in [0.05, 0.1) is 11.4 Å². The Labute approximate surface area is 167 Å². The molecule has 0 spiro atoms. The molecule has 6 nitrogen and oxygen atoms in total. The molecule has 2 N–H and O–H groups in total. The minimum atomic E-state index is -1.23. The summed E-state index contributed by atoms with van der Waals surface area (Å²) in [5.74, 6) is -1.64. The van der Waals surface area contributed by atoms with E-state index in [1.807, 2.05) is 60.7 Å². The van der Waals surface area contributed by atoms with Gasteiger partial charge in [-0.25, -0.2) is 9.80 Å². The minimum Gasteiger partial charge on any atom is -0.505 e. The van der Waals surface area contributed by atoms with Gasteiger partial charge >= 0.3 is 5.97 Å². The maximum Gasteiger partial charge on any atom is 0.339 e. The molecule has 0 radical (unpaired) electrons. The Morgan fingerprint density at radius 3 is 1.93 bits per heavy atom. The summed E-state index contributed by atoms with van der Waals surface area (Å²) in [5, 5.41) is 31.5. The lowest BCUT2D eigenvalue weighted by Gasteiger charge is -2.18. The van der Waals surface area contributed by atoms with E-state index in [1.165, 1.54) is 6.07 Å². The van der Waals surface area contributed by atoms with Crippen LogP contribution in [0.5, 0.6) is 5.75 Å². The molecule has 4 rings (SSSR count). The van der Waals surface area contributed by atoms with Crippen LogP contribution in [0.4, 0.5) is 17.1 Å². The number of carboxylic acids is 1. The van der Waals surface area contributed by atoms with Crippen LogP contribution in [0.1, 0.15) is 10.4 Å². The van der Waals surface area contributed by atoms with Crippen LogP contribution in [-0.4, -0.2) is 16.2 Å². The molecule has 0 heterocycles. The van der Waals surface area contributed by atoms with Crippen molar-refractivity contribution < 1.29 is 15.0 Å².